The van der Waals surface area contributed by atoms with Gasteiger partial charge in [0.25, 0.3) is 11.7 Å². The van der Waals surface area contributed by atoms with Crippen LogP contribution in [0.4, 0.5) is 26.7 Å². The molecule has 2 saturated heterocycles. The van der Waals surface area contributed by atoms with Gasteiger partial charge in [0, 0.05) is 130 Å². The summed E-state index contributed by atoms with van der Waals surface area (Å²) in [6.07, 6.45) is 8.19. The number of nitrogens with one attached hydrogen (secondary N) is 5. The zero-order chi connectivity index (χ0) is 80.7. The van der Waals surface area contributed by atoms with E-state index in [2.05, 4.69) is 33.5 Å². The standard InChI is InChI=1S/C80H103BN10O20/c1-12-78(9,81-11)52-40-56(94)91(73(52)102)32-15-13-14-30-83-74(103)80(28-19-29-80)75(104)86-53(23-17-31-84-76(82)105)72(101)85-50-26-24-49(25-27-50)41-107-77(106)90-35-33-89(34-36-90)51-38-54(93)60-55(39-51)110-69-61(87-60)57-58-65(97)47(7)68-59(57)70(99)79(10,111-68)108-37-18-22-43(3)67(109-48(8)92)46(6)64(96)45(5)63(95)42(2)20-16-21-44(4)71(100)88-62(69)66(58)98/h16,18,20-21,24-27,37-39,42-43,45-46,52-53,63-64,67,81,93,95-97H,12-15,17,19,22-23,28-36,40-41H2,1-11H3,(H,83,103)(H,85,101)(H,86,104)(H,88,100)(H3,82,84,105)/b20-16+,37-18+,44-21-/t42-,43+,45+,46+,52?,53-,63-,64+,67+,78?,79-/m0/s1. The average Bonchev–Trinajstić information content (AvgIpc) is 1.64. The van der Waals surface area contributed by atoms with Crippen molar-refractivity contribution in [2.24, 2.45) is 40.7 Å². The number of rotatable bonds is 22. The van der Waals surface area contributed by atoms with Crippen molar-refractivity contribution in [1.82, 2.24) is 30.7 Å². The molecule has 1 saturated carbocycles. The highest BCUT2D eigenvalue weighted by atomic mass is 16.7. The number of amides is 9. The van der Waals surface area contributed by atoms with Gasteiger partial charge in [0.1, 0.15) is 65.6 Å². The number of hydrogen-bond acceptors (Lipinski definition) is 22. The number of Topliss-reactive ketones (excluding diaryl/α,β-unsaturated/α-hetero) is 1. The molecule has 9 amide bonds. The monoisotopic (exact) mass is 1530 g/mol. The van der Waals surface area contributed by atoms with Gasteiger partial charge in [0.15, 0.2) is 11.3 Å². The molecule has 111 heavy (non-hydrogen) atoms. The first-order chi connectivity index (χ1) is 52.7. The second kappa shape index (κ2) is 34.8. The number of phenolic OH excluding ortho intramolecular Hbond substituents is 2. The Morgan fingerprint density at radius 1 is 0.892 bits per heavy atom. The van der Waals surface area contributed by atoms with Gasteiger partial charge in [0.05, 0.1) is 29.4 Å². The van der Waals surface area contributed by atoms with Crippen LogP contribution in [0.1, 0.15) is 154 Å². The summed E-state index contributed by atoms with van der Waals surface area (Å²) < 4.78 is 30.4. The molecule has 30 nitrogen and oxygen atoms in total. The third-order valence-corrected chi connectivity index (χ3v) is 23.2. The Balaban J connectivity index is 0.801. The van der Waals surface area contributed by atoms with Crippen molar-refractivity contribution in [3.63, 3.8) is 0 Å². The molecule has 6 heterocycles. The Kier molecular flexibility index (Phi) is 26.0. The van der Waals surface area contributed by atoms with Gasteiger partial charge in [-0.3, -0.25) is 48.1 Å². The Labute approximate surface area is 644 Å². The van der Waals surface area contributed by atoms with E-state index in [0.29, 0.717) is 49.2 Å². The van der Waals surface area contributed by atoms with Gasteiger partial charge >= 0.3 is 23.9 Å². The molecule has 11 rings (SSSR count). The number of aliphatic hydroxyl groups excluding tert-OH is 2. The molecule has 5 bridgehead atoms. The fourth-order valence-corrected chi connectivity index (χ4v) is 15.4. The molecule has 11 atom stereocenters. The van der Waals surface area contributed by atoms with Gasteiger partial charge in [-0.25, -0.2) is 14.6 Å². The lowest BCUT2D eigenvalue weighted by Gasteiger charge is -2.39. The smallest absolute Gasteiger partial charge is 0.410 e. The van der Waals surface area contributed by atoms with Gasteiger partial charge in [-0.1, -0.05) is 91.6 Å². The van der Waals surface area contributed by atoms with Crippen molar-refractivity contribution < 1.29 is 91.7 Å². The Morgan fingerprint density at radius 3 is 2.25 bits per heavy atom. The number of likely N-dealkylation sites (tertiary alicyclic amines) is 1. The van der Waals surface area contributed by atoms with Crippen molar-refractivity contribution >= 4 is 106 Å². The normalized spacial score (nSPS) is 24.8. The summed E-state index contributed by atoms with van der Waals surface area (Å²) >= 11 is 0. The van der Waals surface area contributed by atoms with Crippen LogP contribution in [0, 0.1) is 41.9 Å². The van der Waals surface area contributed by atoms with Crippen LogP contribution in [0.15, 0.2) is 81.7 Å². The number of benzene rings is 4. The minimum absolute atomic E-state index is 0.0187. The van der Waals surface area contributed by atoms with E-state index < -0.39 is 135 Å². The topological polar surface area (TPSA) is 428 Å². The maximum absolute atomic E-state index is 15.1. The number of esters is 1. The zero-order valence-corrected chi connectivity index (χ0v) is 64.9. The second-order valence-corrected chi connectivity index (χ2v) is 30.7. The maximum atomic E-state index is 15.1. The second-order valence-electron chi connectivity index (χ2n) is 30.7. The number of carbonyl (C=O) groups excluding carboxylic acids is 10. The third-order valence-electron chi connectivity index (χ3n) is 23.2. The number of aromatic nitrogens is 1. The summed E-state index contributed by atoms with van der Waals surface area (Å²) in [4.78, 5) is 159. The molecule has 2 aliphatic carbocycles. The number of allylic oxidation sites excluding steroid dienone is 3. The van der Waals surface area contributed by atoms with Crippen molar-refractivity contribution in [3.8, 4) is 28.7 Å². The number of fused-ring (bicyclic) bond motifs is 14. The number of nitrogens with two attached hydrogens (primary N) is 1. The number of aliphatic hydroxyl groups is 2. The lowest BCUT2D eigenvalue weighted by molar-refractivity contribution is -0.157. The van der Waals surface area contributed by atoms with E-state index in [1.54, 1.807) is 76.3 Å². The summed E-state index contributed by atoms with van der Waals surface area (Å²) in [7, 11) is 0.792. The van der Waals surface area contributed by atoms with Crippen LogP contribution in [0.25, 0.3) is 33.3 Å². The fraction of sp³-hybridized carbons (Fsp3) is 0.525. The number of phenols is 2. The van der Waals surface area contributed by atoms with E-state index in [9.17, 15) is 68.4 Å². The van der Waals surface area contributed by atoms with Crippen LogP contribution in [0.3, 0.4) is 0 Å². The third kappa shape index (κ3) is 17.6. The molecule has 596 valence electrons. The predicted molar refractivity (Wildman–Crippen MR) is 414 cm³/mol. The summed E-state index contributed by atoms with van der Waals surface area (Å²) in [6.45, 7) is 19.9. The Hall–Kier alpha value is -10.6. The van der Waals surface area contributed by atoms with E-state index in [1.165, 1.54) is 55.9 Å². The molecule has 0 spiro atoms. The quantitative estimate of drug-likeness (QED) is 0.00592. The zero-order valence-electron chi connectivity index (χ0n) is 64.9. The highest BCUT2D eigenvalue weighted by molar-refractivity contribution is 6.39. The van der Waals surface area contributed by atoms with Gasteiger partial charge in [-0.05, 0) is 100 Å². The van der Waals surface area contributed by atoms with Crippen LogP contribution in [-0.4, -0.2) is 178 Å². The molecule has 3 aromatic rings. The average molecular weight is 1540 g/mol. The number of urea groups is 1. The molecule has 31 heteroatoms. The first-order valence-electron chi connectivity index (χ1n) is 38.3. The van der Waals surface area contributed by atoms with E-state index in [4.69, 9.17) is 34.1 Å². The maximum Gasteiger partial charge on any atom is 0.410 e. The molecule has 0 aromatic heterocycles. The lowest BCUT2D eigenvalue weighted by atomic mass is 9.48. The van der Waals surface area contributed by atoms with Gasteiger partial charge in [-0.15, -0.1) is 0 Å². The molecule has 2 unspecified atom stereocenters. The number of aromatic hydroxyl groups is 2. The van der Waals surface area contributed by atoms with E-state index in [1.807, 2.05) is 18.6 Å². The van der Waals surface area contributed by atoms with Gasteiger partial charge < -0.3 is 85.9 Å². The van der Waals surface area contributed by atoms with E-state index in [-0.39, 0.29) is 158 Å². The highest BCUT2D eigenvalue weighted by Gasteiger charge is 2.53. The summed E-state index contributed by atoms with van der Waals surface area (Å²) in [6, 6.07) is 7.59. The number of primary amides is 1. The molecular weight excluding hydrogens is 1430 g/mol. The number of ether oxygens (including phenoxy) is 4. The SMILES string of the molecule is CBC(C)(CC)C1CC(=O)N(CCCCCNC(=O)C2(C(=O)N[C@@H](CCCNC(N)=O)C(=O)Nc3ccc(COC(=O)N4CCN(c5cc(O)c6nc7c8c9c%10c(C)c(O)c8c(=O)c(c-7oc6c5)NC(=O)/C(C)=C\C=C\[C@H](C)[C@H](O)[C@@H](C)[C@@H](O)[C@@H](C)[C@H](OC(C)=O)[C@H](C)C/C=C/O[C@@](C)(O%10)C9=O)CC4)cc3)CCC2)C1=O. The number of ketones is 1. The van der Waals surface area contributed by atoms with Crippen LogP contribution >= 0.6 is 0 Å². The number of imide groups is 1. The Bertz CT molecular complexity index is 4540. The number of piperazine rings is 1. The fourth-order valence-electron chi connectivity index (χ4n) is 15.4. The van der Waals surface area contributed by atoms with Crippen molar-refractivity contribution in [3.05, 3.63) is 99.5 Å². The summed E-state index contributed by atoms with van der Waals surface area (Å²) in [5, 5.41) is 59.8. The minimum Gasteiger partial charge on any atom is -0.507 e. The first-order valence-corrected chi connectivity index (χ1v) is 38.3. The number of carbonyl (C=O) groups is 10. The molecule has 0 radical (unpaired) electrons. The lowest BCUT2D eigenvalue weighted by Crippen LogP contribution is -2.58. The summed E-state index contributed by atoms with van der Waals surface area (Å²) in [5.41, 5.74) is 3.19. The summed E-state index contributed by atoms with van der Waals surface area (Å²) in [5.74, 6) is -10.4. The molecule has 3 aromatic carbocycles. The Morgan fingerprint density at radius 2 is 1.59 bits per heavy atom. The largest absolute Gasteiger partial charge is 0.507 e. The van der Waals surface area contributed by atoms with Crippen LogP contribution in [0.5, 0.6) is 17.2 Å². The molecule has 6 aliphatic heterocycles. The molecule has 3 fully saturated rings. The van der Waals surface area contributed by atoms with Crippen molar-refractivity contribution in [2.75, 3.05) is 61.3 Å². The van der Waals surface area contributed by atoms with E-state index >= 15 is 4.79 Å². The predicted octanol–water partition coefficient (Wildman–Crippen LogP) is 8.27. The van der Waals surface area contributed by atoms with Crippen LogP contribution in [0.2, 0.25) is 12.1 Å². The first kappa shape index (κ1) is 82.9. The molecule has 11 N–H and O–H groups in total. The van der Waals surface area contributed by atoms with E-state index in [0.717, 1.165) is 13.7 Å². The van der Waals surface area contributed by atoms with Gasteiger partial charge in [0.2, 0.25) is 35.0 Å². The highest BCUT2D eigenvalue weighted by Crippen LogP contribution is 2.52. The van der Waals surface area contributed by atoms with Crippen LogP contribution in [-0.2, 0) is 54.4 Å². The molecular formula is C80H103BN10O20. The molecule has 8 aliphatic rings. The minimum atomic E-state index is -2.11. The van der Waals surface area contributed by atoms with Crippen molar-refractivity contribution in [1.29, 1.82) is 0 Å². The number of nitrogens with zero attached hydrogens (tertiary/aromatic N) is 4. The number of unbranched alkanes of at least 4 members (excludes halogenated alkanes) is 2. The van der Waals surface area contributed by atoms with Gasteiger partial charge in [-0.2, -0.15) is 0 Å². The van der Waals surface area contributed by atoms with Crippen molar-refractivity contribution in [2.45, 2.75) is 189 Å². The number of hydrogen-bond donors (Lipinski definition) is 10. The van der Waals surface area contributed by atoms with Crippen LogP contribution < -0.4 is 47.4 Å². The number of anilines is 3.